The van der Waals surface area contributed by atoms with Crippen LogP contribution in [0.5, 0.6) is 5.75 Å². The molecule has 1 aromatic carbocycles. The van der Waals surface area contributed by atoms with Crippen molar-refractivity contribution in [3.8, 4) is 5.75 Å². The van der Waals surface area contributed by atoms with E-state index >= 15 is 0 Å². The van der Waals surface area contributed by atoms with E-state index in [9.17, 15) is 54.1 Å². The lowest BCUT2D eigenvalue weighted by atomic mass is 10.3. The van der Waals surface area contributed by atoms with Gasteiger partial charge in [0.05, 0.1) is 9.82 Å². The van der Waals surface area contributed by atoms with Crippen LogP contribution in [0.1, 0.15) is 0 Å². The fourth-order valence-electron chi connectivity index (χ4n) is 2.70. The van der Waals surface area contributed by atoms with Gasteiger partial charge in [0, 0.05) is 32.2 Å². The summed E-state index contributed by atoms with van der Waals surface area (Å²) in [6.45, 7) is 0.949. The van der Waals surface area contributed by atoms with Gasteiger partial charge in [0.15, 0.2) is 12.4 Å². The number of alkyl halides is 7. The Balaban J connectivity index is 2.32. The molecule has 1 aromatic rings. The van der Waals surface area contributed by atoms with E-state index in [1.165, 1.54) is 4.90 Å². The number of likely N-dealkylation sites (N-methyl/N-ethyl adjacent to an activating group) is 1. The summed E-state index contributed by atoms with van der Waals surface area (Å²) in [7, 11) is -4.94. The second-order valence-corrected chi connectivity index (χ2v) is 8.94. The van der Waals surface area contributed by atoms with Crippen molar-refractivity contribution in [1.29, 1.82) is 0 Å². The third kappa shape index (κ3) is 4.97. The minimum absolute atomic E-state index is 0.137. The van der Waals surface area contributed by atoms with E-state index in [0.29, 0.717) is 32.2 Å². The van der Waals surface area contributed by atoms with E-state index in [-0.39, 0.29) is 12.1 Å². The quantitative estimate of drug-likeness (QED) is 0.314. The first-order valence-electron chi connectivity index (χ1n) is 8.88. The van der Waals surface area contributed by atoms with Gasteiger partial charge in [-0.25, -0.2) is 8.42 Å². The predicted octanol–water partition coefficient (Wildman–Crippen LogP) is 2.31. The maximum atomic E-state index is 13.8. The van der Waals surface area contributed by atoms with Crippen LogP contribution >= 0.6 is 0 Å². The number of rotatable bonds is 7. The molecule has 1 heterocycles. The number of carbonyl (C=O) groups is 1. The summed E-state index contributed by atoms with van der Waals surface area (Å²) in [4.78, 5) is 23.4. The minimum atomic E-state index is -6.99. The molecular weight excluding hydrogens is 495 g/mol. The highest BCUT2D eigenvalue weighted by atomic mass is 32.2. The summed E-state index contributed by atoms with van der Waals surface area (Å²) in [6, 6.07) is 0.397. The highest BCUT2D eigenvalue weighted by Crippen LogP contribution is 2.51. The van der Waals surface area contributed by atoms with Gasteiger partial charge in [-0.15, -0.1) is 0 Å². The monoisotopic (exact) mass is 511 g/mol. The van der Waals surface area contributed by atoms with Crippen LogP contribution in [0.2, 0.25) is 0 Å². The van der Waals surface area contributed by atoms with Crippen molar-refractivity contribution in [3.63, 3.8) is 0 Å². The molecule has 1 fully saturated rings. The van der Waals surface area contributed by atoms with Crippen molar-refractivity contribution in [1.82, 2.24) is 9.80 Å². The van der Waals surface area contributed by atoms with Gasteiger partial charge < -0.3 is 14.5 Å². The topological polar surface area (TPSA) is 110 Å². The third-order valence-electron chi connectivity index (χ3n) is 4.70. The molecule has 33 heavy (non-hydrogen) atoms. The number of amides is 1. The minimum Gasteiger partial charge on any atom is -0.477 e. The number of nitro benzene ring substituents is 1. The fourth-order valence-corrected chi connectivity index (χ4v) is 3.96. The van der Waals surface area contributed by atoms with Gasteiger partial charge in [0.1, 0.15) is 0 Å². The molecule has 2 rings (SSSR count). The predicted molar refractivity (Wildman–Crippen MR) is 95.8 cm³/mol. The Kier molecular flexibility index (Phi) is 7.18. The van der Waals surface area contributed by atoms with Crippen LogP contribution < -0.4 is 4.74 Å². The highest BCUT2D eigenvalue weighted by molar-refractivity contribution is 7.92. The molecule has 0 saturated carbocycles. The lowest BCUT2D eigenvalue weighted by Crippen LogP contribution is -2.55. The zero-order valence-corrected chi connectivity index (χ0v) is 17.4. The van der Waals surface area contributed by atoms with E-state index in [4.69, 9.17) is 4.74 Å². The highest BCUT2D eigenvalue weighted by Gasteiger charge is 2.78. The Labute approximate surface area is 181 Å². The number of sulfone groups is 1. The molecule has 186 valence electrons. The Bertz CT molecular complexity index is 1020. The molecule has 0 aromatic heterocycles. The van der Waals surface area contributed by atoms with Gasteiger partial charge in [-0.3, -0.25) is 14.9 Å². The van der Waals surface area contributed by atoms with Crippen LogP contribution in [-0.4, -0.2) is 86.2 Å². The van der Waals surface area contributed by atoms with Crippen LogP contribution in [0, 0.1) is 10.1 Å². The fraction of sp³-hybridized carbons (Fsp3) is 0.562. The number of carbonyl (C=O) groups excluding carboxylic acids is 1. The number of hydrogen-bond acceptors (Lipinski definition) is 7. The summed E-state index contributed by atoms with van der Waals surface area (Å²) in [5.74, 6) is -8.38. The molecule has 0 atom stereocenters. The lowest BCUT2D eigenvalue weighted by molar-refractivity contribution is -0.386. The van der Waals surface area contributed by atoms with Crippen LogP contribution in [-0.2, 0) is 14.6 Å². The maximum absolute atomic E-state index is 13.8. The number of hydrogen-bond donors (Lipinski definition) is 0. The van der Waals surface area contributed by atoms with Crippen LogP contribution in [0.3, 0.4) is 0 Å². The molecule has 0 unspecified atom stereocenters. The first kappa shape index (κ1) is 26.6. The first-order chi connectivity index (χ1) is 14.9. The molecule has 0 bridgehead atoms. The third-order valence-corrected chi connectivity index (χ3v) is 6.51. The number of halogens is 7. The smallest absolute Gasteiger partial charge is 0.461 e. The van der Waals surface area contributed by atoms with Gasteiger partial charge in [0.2, 0.25) is 0 Å². The number of ether oxygens (including phenoxy) is 1. The molecule has 0 aliphatic carbocycles. The molecule has 1 aliphatic heterocycles. The number of nitrogens with zero attached hydrogens (tertiary/aromatic N) is 3. The van der Waals surface area contributed by atoms with Crippen molar-refractivity contribution in [3.05, 3.63) is 28.3 Å². The summed E-state index contributed by atoms with van der Waals surface area (Å²) >= 11 is 0. The van der Waals surface area contributed by atoms with Crippen molar-refractivity contribution in [2.45, 2.75) is 22.2 Å². The van der Waals surface area contributed by atoms with E-state index in [0.717, 1.165) is 0 Å². The largest absolute Gasteiger partial charge is 0.477 e. The zero-order chi connectivity index (χ0) is 25.4. The van der Waals surface area contributed by atoms with Crippen molar-refractivity contribution in [2.75, 3.05) is 39.8 Å². The van der Waals surface area contributed by atoms with E-state index in [2.05, 4.69) is 0 Å². The second kappa shape index (κ2) is 8.92. The molecule has 0 radical (unpaired) electrons. The summed E-state index contributed by atoms with van der Waals surface area (Å²) in [5.41, 5.74) is -1.34. The van der Waals surface area contributed by atoms with Crippen LogP contribution in [0.15, 0.2) is 23.1 Å². The normalized spacial score (nSPS) is 16.5. The van der Waals surface area contributed by atoms with Gasteiger partial charge in [-0.2, -0.15) is 30.7 Å². The lowest BCUT2D eigenvalue weighted by Gasteiger charge is -2.32. The Morgan fingerprint density at radius 3 is 2.12 bits per heavy atom. The van der Waals surface area contributed by atoms with Crippen molar-refractivity contribution in [2.24, 2.45) is 0 Å². The first-order valence-corrected chi connectivity index (χ1v) is 10.4. The number of benzene rings is 1. The van der Waals surface area contributed by atoms with E-state index in [1.54, 1.807) is 0 Å². The van der Waals surface area contributed by atoms with E-state index < -0.39 is 61.0 Å². The van der Waals surface area contributed by atoms with Gasteiger partial charge in [-0.05, 0) is 19.2 Å². The average Bonchev–Trinajstić information content (AvgIpc) is 2.71. The summed E-state index contributed by atoms with van der Waals surface area (Å²) in [5, 5.41) is 4.53. The molecule has 17 heteroatoms. The van der Waals surface area contributed by atoms with Crippen LogP contribution in [0.25, 0.3) is 0 Å². The van der Waals surface area contributed by atoms with Crippen molar-refractivity contribution < 1.29 is 53.6 Å². The maximum Gasteiger partial charge on any atom is 0.461 e. The van der Waals surface area contributed by atoms with E-state index in [1.807, 2.05) is 11.9 Å². The SMILES string of the molecule is CN1CCN(C(=O)COc2ccc(S(=O)(=O)C(F)(F)C(F)(F)C(F)(F)F)cc2[N+](=O)[O-])CC1. The number of nitro groups is 1. The molecule has 0 spiro atoms. The van der Waals surface area contributed by atoms with Gasteiger partial charge >= 0.3 is 23.0 Å². The molecule has 1 aliphatic rings. The molecule has 1 amide bonds. The average molecular weight is 511 g/mol. The van der Waals surface area contributed by atoms with Crippen LogP contribution in [0.4, 0.5) is 36.4 Å². The number of piperazine rings is 1. The Hall–Kier alpha value is -2.69. The summed E-state index contributed by atoms with van der Waals surface area (Å²) < 4.78 is 120. The second-order valence-electron chi connectivity index (χ2n) is 6.95. The van der Waals surface area contributed by atoms with Gasteiger partial charge in [-0.1, -0.05) is 0 Å². The zero-order valence-electron chi connectivity index (χ0n) is 16.6. The Morgan fingerprint density at radius 1 is 1.09 bits per heavy atom. The molecule has 1 saturated heterocycles. The van der Waals surface area contributed by atoms with Gasteiger partial charge in [0.25, 0.3) is 15.7 Å². The molecule has 0 N–H and O–H groups in total. The standard InChI is InChI=1S/C16H16F7N3O6S/c1-24-4-6-25(7-5-24)13(27)9-32-12-3-2-10(8-11(12)26(28)29)33(30,31)16(22,23)14(17,18)15(19,20)21/h2-3,8H,4-7,9H2,1H3. The Morgan fingerprint density at radius 2 is 1.64 bits per heavy atom. The summed E-state index contributed by atoms with van der Waals surface area (Å²) in [6.07, 6.45) is -6.93. The molecular formula is C16H16F7N3O6S. The molecule has 9 nitrogen and oxygen atoms in total. The van der Waals surface area contributed by atoms with Crippen molar-refractivity contribution >= 4 is 21.4 Å².